The Morgan fingerprint density at radius 2 is 2.00 bits per heavy atom. The van der Waals surface area contributed by atoms with Gasteiger partial charge in [-0.05, 0) is 43.1 Å². The van der Waals surface area contributed by atoms with E-state index < -0.39 is 0 Å². The van der Waals surface area contributed by atoms with Gasteiger partial charge in [-0.1, -0.05) is 44.2 Å². The first-order chi connectivity index (χ1) is 11.6. The SMILES string of the molecule is CC(C)C1CCCN(C(=O)NCC(CCO)c2ccccc2)CC1. The van der Waals surface area contributed by atoms with E-state index in [1.165, 1.54) is 12.0 Å². The molecule has 0 bridgehead atoms. The molecule has 1 aliphatic rings. The molecule has 0 aliphatic carbocycles. The molecule has 0 spiro atoms. The topological polar surface area (TPSA) is 52.6 Å². The molecular formula is C20H32N2O2. The molecule has 1 aliphatic heterocycles. The summed E-state index contributed by atoms with van der Waals surface area (Å²) in [5, 5.41) is 12.4. The number of benzene rings is 1. The monoisotopic (exact) mass is 332 g/mol. The number of carbonyl (C=O) groups excluding carboxylic acids is 1. The van der Waals surface area contributed by atoms with Crippen molar-refractivity contribution in [3.05, 3.63) is 35.9 Å². The molecule has 0 radical (unpaired) electrons. The Bertz CT molecular complexity index is 490. The smallest absolute Gasteiger partial charge is 0.317 e. The fraction of sp³-hybridized carbons (Fsp3) is 0.650. The van der Waals surface area contributed by atoms with Crippen molar-refractivity contribution in [1.82, 2.24) is 10.2 Å². The second kappa shape index (κ2) is 9.67. The zero-order chi connectivity index (χ0) is 17.4. The van der Waals surface area contributed by atoms with Crippen LogP contribution in [0.3, 0.4) is 0 Å². The largest absolute Gasteiger partial charge is 0.396 e. The van der Waals surface area contributed by atoms with E-state index in [-0.39, 0.29) is 18.6 Å². The third kappa shape index (κ3) is 5.52. The van der Waals surface area contributed by atoms with E-state index in [2.05, 4.69) is 31.3 Å². The van der Waals surface area contributed by atoms with Gasteiger partial charge in [0, 0.05) is 32.2 Å². The molecule has 1 fully saturated rings. The van der Waals surface area contributed by atoms with E-state index in [4.69, 9.17) is 0 Å². The number of carbonyl (C=O) groups is 1. The first-order valence-corrected chi connectivity index (χ1v) is 9.30. The number of likely N-dealkylation sites (tertiary alicyclic amines) is 1. The van der Waals surface area contributed by atoms with Gasteiger partial charge in [0.15, 0.2) is 0 Å². The van der Waals surface area contributed by atoms with Crippen LogP contribution in [0.2, 0.25) is 0 Å². The van der Waals surface area contributed by atoms with E-state index in [9.17, 15) is 9.90 Å². The second-order valence-corrected chi connectivity index (χ2v) is 7.23. The normalized spacial score (nSPS) is 19.8. The van der Waals surface area contributed by atoms with Crippen LogP contribution in [-0.2, 0) is 0 Å². The fourth-order valence-corrected chi connectivity index (χ4v) is 3.58. The molecule has 2 N–H and O–H groups in total. The Balaban J connectivity index is 1.86. The average molecular weight is 332 g/mol. The van der Waals surface area contributed by atoms with Crippen LogP contribution >= 0.6 is 0 Å². The molecule has 2 unspecified atom stereocenters. The number of aliphatic hydroxyl groups is 1. The lowest BCUT2D eigenvalue weighted by molar-refractivity contribution is 0.196. The molecule has 2 rings (SSSR count). The third-order valence-electron chi connectivity index (χ3n) is 5.25. The maximum Gasteiger partial charge on any atom is 0.317 e. The lowest BCUT2D eigenvalue weighted by atomic mass is 9.89. The molecule has 1 aromatic carbocycles. The van der Waals surface area contributed by atoms with E-state index in [1.807, 2.05) is 23.1 Å². The molecule has 1 aromatic rings. The average Bonchev–Trinajstić information content (AvgIpc) is 2.85. The summed E-state index contributed by atoms with van der Waals surface area (Å²) < 4.78 is 0. The number of nitrogens with zero attached hydrogens (tertiary/aromatic N) is 1. The van der Waals surface area contributed by atoms with Gasteiger partial charge < -0.3 is 15.3 Å². The maximum atomic E-state index is 12.5. The summed E-state index contributed by atoms with van der Waals surface area (Å²) in [7, 11) is 0. The summed E-state index contributed by atoms with van der Waals surface area (Å²) in [4.78, 5) is 14.5. The van der Waals surface area contributed by atoms with Gasteiger partial charge in [0.25, 0.3) is 0 Å². The highest BCUT2D eigenvalue weighted by molar-refractivity contribution is 5.74. The van der Waals surface area contributed by atoms with Crippen molar-refractivity contribution in [3.63, 3.8) is 0 Å². The zero-order valence-electron chi connectivity index (χ0n) is 15.1. The lowest BCUT2D eigenvalue weighted by Crippen LogP contribution is -2.42. The number of amides is 2. The summed E-state index contributed by atoms with van der Waals surface area (Å²) >= 11 is 0. The molecule has 0 aromatic heterocycles. The molecule has 0 saturated carbocycles. The van der Waals surface area contributed by atoms with Gasteiger partial charge >= 0.3 is 6.03 Å². The standard InChI is InChI=1S/C20H32N2O2/c1-16(2)17-9-6-12-22(13-10-17)20(24)21-15-19(11-14-23)18-7-4-3-5-8-18/h3-5,7-8,16-17,19,23H,6,9-15H2,1-2H3,(H,21,24). The quantitative estimate of drug-likeness (QED) is 0.836. The number of nitrogens with one attached hydrogen (secondary N) is 1. The van der Waals surface area contributed by atoms with Gasteiger partial charge in [0.05, 0.1) is 0 Å². The van der Waals surface area contributed by atoms with Crippen molar-refractivity contribution in [2.45, 2.75) is 45.4 Å². The van der Waals surface area contributed by atoms with Crippen molar-refractivity contribution in [2.24, 2.45) is 11.8 Å². The minimum Gasteiger partial charge on any atom is -0.396 e. The van der Waals surface area contributed by atoms with Crippen LogP contribution in [0.25, 0.3) is 0 Å². The Labute approximate surface area is 146 Å². The Morgan fingerprint density at radius 3 is 2.67 bits per heavy atom. The molecule has 1 saturated heterocycles. The second-order valence-electron chi connectivity index (χ2n) is 7.23. The Hall–Kier alpha value is -1.55. The van der Waals surface area contributed by atoms with Crippen LogP contribution in [-0.4, -0.2) is 42.3 Å². The van der Waals surface area contributed by atoms with Crippen molar-refractivity contribution in [3.8, 4) is 0 Å². The predicted octanol–water partition coefficient (Wildman–Crippen LogP) is 3.62. The van der Waals surface area contributed by atoms with Crippen molar-refractivity contribution >= 4 is 6.03 Å². The molecule has 1 heterocycles. The first-order valence-electron chi connectivity index (χ1n) is 9.30. The molecule has 2 amide bonds. The summed E-state index contributed by atoms with van der Waals surface area (Å²) in [6.45, 7) is 6.97. The van der Waals surface area contributed by atoms with Crippen molar-refractivity contribution < 1.29 is 9.90 Å². The van der Waals surface area contributed by atoms with Gasteiger partial charge in [0.1, 0.15) is 0 Å². The minimum atomic E-state index is 0.0401. The first kappa shape index (κ1) is 18.8. The van der Waals surface area contributed by atoms with Crippen LogP contribution < -0.4 is 5.32 Å². The fourth-order valence-electron chi connectivity index (χ4n) is 3.58. The number of hydrogen-bond acceptors (Lipinski definition) is 2. The Morgan fingerprint density at radius 1 is 1.25 bits per heavy atom. The molecule has 4 heteroatoms. The van der Waals surface area contributed by atoms with Crippen molar-refractivity contribution in [2.75, 3.05) is 26.2 Å². The van der Waals surface area contributed by atoms with Crippen LogP contribution in [0, 0.1) is 11.8 Å². The summed E-state index contributed by atoms with van der Waals surface area (Å²) in [6, 6.07) is 10.2. The van der Waals surface area contributed by atoms with Gasteiger partial charge in [-0.15, -0.1) is 0 Å². The highest BCUT2D eigenvalue weighted by Gasteiger charge is 2.23. The summed E-state index contributed by atoms with van der Waals surface area (Å²) in [5.74, 6) is 1.59. The number of rotatable bonds is 6. The minimum absolute atomic E-state index is 0.0401. The summed E-state index contributed by atoms with van der Waals surface area (Å²) in [5.41, 5.74) is 1.17. The van der Waals surface area contributed by atoms with E-state index >= 15 is 0 Å². The number of urea groups is 1. The molecule has 4 nitrogen and oxygen atoms in total. The van der Waals surface area contributed by atoms with Crippen LogP contribution in [0.1, 0.15) is 51.0 Å². The molecule has 24 heavy (non-hydrogen) atoms. The molecular weight excluding hydrogens is 300 g/mol. The number of aliphatic hydroxyl groups excluding tert-OH is 1. The molecule has 134 valence electrons. The van der Waals surface area contributed by atoms with Gasteiger partial charge in [0.2, 0.25) is 0 Å². The van der Waals surface area contributed by atoms with Crippen molar-refractivity contribution in [1.29, 1.82) is 0 Å². The lowest BCUT2D eigenvalue weighted by Gasteiger charge is -2.24. The van der Waals surface area contributed by atoms with E-state index in [0.717, 1.165) is 31.8 Å². The predicted molar refractivity (Wildman–Crippen MR) is 98.0 cm³/mol. The van der Waals surface area contributed by atoms with E-state index in [1.54, 1.807) is 0 Å². The van der Waals surface area contributed by atoms with Gasteiger partial charge in [-0.25, -0.2) is 4.79 Å². The Kier molecular flexibility index (Phi) is 7.57. The van der Waals surface area contributed by atoms with Gasteiger partial charge in [-0.2, -0.15) is 0 Å². The van der Waals surface area contributed by atoms with Crippen LogP contribution in [0.15, 0.2) is 30.3 Å². The van der Waals surface area contributed by atoms with Crippen LogP contribution in [0.4, 0.5) is 4.79 Å². The zero-order valence-corrected chi connectivity index (χ0v) is 15.1. The van der Waals surface area contributed by atoms with Gasteiger partial charge in [-0.3, -0.25) is 0 Å². The highest BCUT2D eigenvalue weighted by Crippen LogP contribution is 2.24. The van der Waals surface area contributed by atoms with E-state index in [0.29, 0.717) is 18.9 Å². The molecule has 2 atom stereocenters. The summed E-state index contributed by atoms with van der Waals surface area (Å²) in [6.07, 6.45) is 4.08. The van der Waals surface area contributed by atoms with Crippen LogP contribution in [0.5, 0.6) is 0 Å². The maximum absolute atomic E-state index is 12.5. The third-order valence-corrected chi connectivity index (χ3v) is 5.25. The highest BCUT2D eigenvalue weighted by atomic mass is 16.3. The number of hydrogen-bond donors (Lipinski definition) is 2.